The van der Waals surface area contributed by atoms with Crippen LogP contribution in [0.15, 0.2) is 36.5 Å². The quantitative estimate of drug-likeness (QED) is 0.560. The summed E-state index contributed by atoms with van der Waals surface area (Å²) < 4.78 is 18.6. The number of anilines is 1. The number of rotatable bonds is 7. The number of ketones is 1. The number of hydrogen-bond donors (Lipinski definition) is 2. The summed E-state index contributed by atoms with van der Waals surface area (Å²) in [6.07, 6.45) is 1.68. The number of halogens is 1. The zero-order valence-corrected chi connectivity index (χ0v) is 15.1. The molecule has 0 bridgehead atoms. The molecule has 1 atom stereocenters. The van der Waals surface area contributed by atoms with E-state index in [2.05, 4.69) is 20.8 Å². The lowest BCUT2D eigenvalue weighted by atomic mass is 10.0. The van der Waals surface area contributed by atoms with Crippen molar-refractivity contribution in [3.8, 4) is 0 Å². The number of hydrogen-bond acceptors (Lipinski definition) is 5. The maximum Gasteiger partial charge on any atom is 0.305 e. The number of pyridine rings is 1. The highest BCUT2D eigenvalue weighted by Gasteiger charge is 2.23. The first-order chi connectivity index (χ1) is 12.8. The molecule has 0 unspecified atom stereocenters. The summed E-state index contributed by atoms with van der Waals surface area (Å²) in [6.45, 7) is 1.53. The van der Waals surface area contributed by atoms with Gasteiger partial charge in [0.2, 0.25) is 5.78 Å². The molecular formula is C19H21FN3O4+. The zero-order chi connectivity index (χ0) is 20.0. The molecule has 142 valence electrons. The Morgan fingerprint density at radius 3 is 2.67 bits per heavy atom. The normalized spacial score (nSPS) is 11.6. The van der Waals surface area contributed by atoms with Gasteiger partial charge in [-0.1, -0.05) is 6.07 Å². The second-order valence-corrected chi connectivity index (χ2v) is 5.99. The van der Waals surface area contributed by atoms with E-state index in [1.165, 1.54) is 32.4 Å². The highest BCUT2D eigenvalue weighted by Crippen LogP contribution is 2.23. The summed E-state index contributed by atoms with van der Waals surface area (Å²) in [5.41, 5.74) is 4.29. The molecule has 1 aromatic heterocycles. The summed E-state index contributed by atoms with van der Waals surface area (Å²) in [6, 6.07) is 6.52. The second kappa shape index (κ2) is 9.00. The molecule has 7 nitrogen and oxygen atoms in total. The van der Waals surface area contributed by atoms with E-state index in [1.807, 2.05) is 0 Å². The van der Waals surface area contributed by atoms with Gasteiger partial charge in [0.05, 0.1) is 24.8 Å². The minimum atomic E-state index is -0.743. The minimum absolute atomic E-state index is 0.00896. The molecular weight excluding hydrogens is 353 g/mol. The first-order valence-electron chi connectivity index (χ1n) is 8.30. The number of ether oxygens (including phenoxy) is 1. The van der Waals surface area contributed by atoms with Crippen LogP contribution in [0.4, 0.5) is 10.1 Å². The van der Waals surface area contributed by atoms with Crippen molar-refractivity contribution in [2.45, 2.75) is 25.8 Å². The molecule has 0 radical (unpaired) electrons. The third-order valence-corrected chi connectivity index (χ3v) is 3.99. The van der Waals surface area contributed by atoms with E-state index < -0.39 is 29.5 Å². The van der Waals surface area contributed by atoms with E-state index in [9.17, 15) is 18.8 Å². The number of methoxy groups -OCH3 is 1. The van der Waals surface area contributed by atoms with Gasteiger partial charge >= 0.3 is 5.97 Å². The van der Waals surface area contributed by atoms with Crippen molar-refractivity contribution in [3.05, 3.63) is 59.2 Å². The Morgan fingerprint density at radius 2 is 2.04 bits per heavy atom. The van der Waals surface area contributed by atoms with Gasteiger partial charge in [0, 0.05) is 12.6 Å². The van der Waals surface area contributed by atoms with E-state index in [-0.39, 0.29) is 35.3 Å². The van der Waals surface area contributed by atoms with Gasteiger partial charge in [-0.05, 0) is 36.8 Å². The molecule has 1 heterocycles. The average molecular weight is 374 g/mol. The Labute approximate surface area is 155 Å². The highest BCUT2D eigenvalue weighted by atomic mass is 19.1. The molecule has 0 aliphatic rings. The fraction of sp³-hybridized carbons (Fsp3) is 0.263. The van der Waals surface area contributed by atoms with Crippen molar-refractivity contribution in [3.63, 3.8) is 0 Å². The SMILES string of the molecule is COC(=O)CC[C@H]([NH3+])C(=O)Nc1cc(C)c(F)cc1C(=O)c1ccccn1. The number of carbonyl (C=O) groups is 3. The van der Waals surface area contributed by atoms with Crippen LogP contribution >= 0.6 is 0 Å². The van der Waals surface area contributed by atoms with Gasteiger partial charge in [0.1, 0.15) is 11.5 Å². The van der Waals surface area contributed by atoms with Crippen LogP contribution in [0.1, 0.15) is 34.5 Å². The van der Waals surface area contributed by atoms with Crippen molar-refractivity contribution in [2.75, 3.05) is 12.4 Å². The molecule has 0 spiro atoms. The molecule has 2 rings (SSSR count). The van der Waals surface area contributed by atoms with Gasteiger partial charge < -0.3 is 15.8 Å². The molecule has 0 aliphatic heterocycles. The summed E-state index contributed by atoms with van der Waals surface area (Å²) in [5, 5.41) is 2.60. The number of nitrogens with zero attached hydrogens (tertiary/aromatic N) is 1. The van der Waals surface area contributed by atoms with E-state index in [1.54, 1.807) is 12.1 Å². The summed E-state index contributed by atoms with van der Waals surface area (Å²) >= 11 is 0. The van der Waals surface area contributed by atoms with Crippen LogP contribution in [0.5, 0.6) is 0 Å². The Hall–Kier alpha value is -3.13. The molecule has 1 amide bonds. The number of quaternary nitrogens is 1. The van der Waals surface area contributed by atoms with Crippen LogP contribution in [-0.2, 0) is 14.3 Å². The summed E-state index contributed by atoms with van der Waals surface area (Å²) in [7, 11) is 1.26. The maximum absolute atomic E-state index is 14.0. The third kappa shape index (κ3) is 5.18. The Morgan fingerprint density at radius 1 is 1.30 bits per heavy atom. The fourth-order valence-electron chi connectivity index (χ4n) is 2.37. The second-order valence-electron chi connectivity index (χ2n) is 5.99. The molecule has 0 saturated heterocycles. The van der Waals surface area contributed by atoms with Crippen molar-refractivity contribution < 1.29 is 29.2 Å². The number of benzene rings is 1. The van der Waals surface area contributed by atoms with Crippen molar-refractivity contribution in [1.82, 2.24) is 4.98 Å². The van der Waals surface area contributed by atoms with E-state index in [0.717, 1.165) is 6.07 Å². The van der Waals surface area contributed by atoms with E-state index in [0.29, 0.717) is 0 Å². The van der Waals surface area contributed by atoms with Gasteiger partial charge in [-0.15, -0.1) is 0 Å². The lowest BCUT2D eigenvalue weighted by Crippen LogP contribution is -2.66. The maximum atomic E-state index is 14.0. The molecule has 0 aliphatic carbocycles. The van der Waals surface area contributed by atoms with Crippen LogP contribution in [0.3, 0.4) is 0 Å². The van der Waals surface area contributed by atoms with E-state index in [4.69, 9.17) is 0 Å². The number of carbonyl (C=O) groups excluding carboxylic acids is 3. The molecule has 0 saturated carbocycles. The lowest BCUT2D eigenvalue weighted by molar-refractivity contribution is -0.403. The number of aryl methyl sites for hydroxylation is 1. The van der Waals surface area contributed by atoms with Crippen LogP contribution in [0.2, 0.25) is 0 Å². The zero-order valence-electron chi connectivity index (χ0n) is 15.1. The Bertz CT molecular complexity index is 856. The predicted molar refractivity (Wildman–Crippen MR) is 95.4 cm³/mol. The summed E-state index contributed by atoms with van der Waals surface area (Å²) in [5.74, 6) is -2.01. The smallest absolute Gasteiger partial charge is 0.305 e. The van der Waals surface area contributed by atoms with Gasteiger partial charge in [-0.3, -0.25) is 19.4 Å². The average Bonchev–Trinajstić information content (AvgIpc) is 2.68. The Kier molecular flexibility index (Phi) is 6.73. The largest absolute Gasteiger partial charge is 0.469 e. The first-order valence-corrected chi connectivity index (χ1v) is 8.30. The number of aromatic nitrogens is 1. The number of amides is 1. The Balaban J connectivity index is 2.25. The van der Waals surface area contributed by atoms with Crippen LogP contribution in [0.25, 0.3) is 0 Å². The van der Waals surface area contributed by atoms with Crippen molar-refractivity contribution in [1.29, 1.82) is 0 Å². The molecule has 4 N–H and O–H groups in total. The van der Waals surface area contributed by atoms with Gasteiger partial charge in [-0.25, -0.2) is 4.39 Å². The number of esters is 1. The van der Waals surface area contributed by atoms with Crippen molar-refractivity contribution in [2.24, 2.45) is 0 Å². The highest BCUT2D eigenvalue weighted by molar-refractivity contribution is 6.13. The van der Waals surface area contributed by atoms with Gasteiger partial charge in [-0.2, -0.15) is 0 Å². The van der Waals surface area contributed by atoms with Crippen molar-refractivity contribution >= 4 is 23.3 Å². The topological polar surface area (TPSA) is 113 Å². The van der Waals surface area contributed by atoms with Crippen LogP contribution < -0.4 is 11.1 Å². The first kappa shape index (κ1) is 20.2. The number of nitrogens with one attached hydrogen (secondary N) is 1. The van der Waals surface area contributed by atoms with Crippen LogP contribution in [0, 0.1) is 12.7 Å². The lowest BCUT2D eigenvalue weighted by Gasteiger charge is -2.14. The van der Waals surface area contributed by atoms with Gasteiger partial charge in [0.15, 0.2) is 6.04 Å². The van der Waals surface area contributed by atoms with E-state index >= 15 is 0 Å². The van der Waals surface area contributed by atoms with Crippen LogP contribution in [-0.4, -0.2) is 35.8 Å². The standard InChI is InChI=1S/C19H20FN3O4/c1-11-9-16(23-19(26)14(21)6-7-17(24)27-2)12(10-13(11)20)18(25)15-5-3-4-8-22-15/h3-5,8-10,14H,6-7,21H2,1-2H3,(H,23,26)/p+1/t14-/m0/s1. The molecule has 2 aromatic rings. The molecule has 0 fully saturated rings. The monoisotopic (exact) mass is 374 g/mol. The minimum Gasteiger partial charge on any atom is -0.469 e. The summed E-state index contributed by atoms with van der Waals surface area (Å²) in [4.78, 5) is 40.2. The molecule has 8 heteroatoms. The van der Waals surface area contributed by atoms with Gasteiger partial charge in [0.25, 0.3) is 5.91 Å². The fourth-order valence-corrected chi connectivity index (χ4v) is 2.37. The molecule has 1 aromatic carbocycles. The molecule has 27 heavy (non-hydrogen) atoms. The predicted octanol–water partition coefficient (Wildman–Crippen LogP) is 1.26. The third-order valence-electron chi connectivity index (χ3n) is 3.99.